The summed E-state index contributed by atoms with van der Waals surface area (Å²) in [5, 5.41) is -0.467. The summed E-state index contributed by atoms with van der Waals surface area (Å²) in [5.41, 5.74) is 0.657. The van der Waals surface area contributed by atoms with Crippen LogP contribution in [0.25, 0.3) is 0 Å². The fourth-order valence-corrected chi connectivity index (χ4v) is 2.81. The molecule has 1 rings (SSSR count). The first-order chi connectivity index (χ1) is 6.50. The van der Waals surface area contributed by atoms with Crippen molar-refractivity contribution in [1.82, 2.24) is 4.98 Å². The lowest BCUT2D eigenvalue weighted by Gasteiger charge is -2.10. The monoisotopic (exact) mass is 233 g/mol. The molecular formula is C9H12ClNO2S. The lowest BCUT2D eigenvalue weighted by atomic mass is 10.3. The molecule has 0 N–H and O–H groups in total. The smallest absolute Gasteiger partial charge is 0.199 e. The first-order valence-corrected chi connectivity index (χ1v) is 6.29. The fourth-order valence-electron chi connectivity index (χ4n) is 1.04. The summed E-state index contributed by atoms with van der Waals surface area (Å²) < 4.78 is 23.7. The Morgan fingerprint density at radius 1 is 1.57 bits per heavy atom. The minimum absolute atomic E-state index is 0.0817. The molecule has 0 aliphatic rings. The molecule has 1 atom stereocenters. The van der Waals surface area contributed by atoms with Gasteiger partial charge in [-0.3, -0.25) is 0 Å². The van der Waals surface area contributed by atoms with E-state index in [1.54, 1.807) is 26.0 Å². The Hall–Kier alpha value is -0.610. The van der Waals surface area contributed by atoms with E-state index in [9.17, 15) is 8.42 Å². The molecule has 3 nitrogen and oxygen atoms in total. The highest BCUT2D eigenvalue weighted by Crippen LogP contribution is 2.17. The van der Waals surface area contributed by atoms with Crippen LogP contribution in [-0.4, -0.2) is 24.5 Å². The number of rotatable bonds is 3. The van der Waals surface area contributed by atoms with Gasteiger partial charge in [0.25, 0.3) is 0 Å². The van der Waals surface area contributed by atoms with Crippen molar-refractivity contribution in [3.63, 3.8) is 0 Å². The van der Waals surface area contributed by atoms with Crippen LogP contribution in [0.15, 0.2) is 23.4 Å². The van der Waals surface area contributed by atoms with Crippen molar-refractivity contribution in [2.75, 3.05) is 5.88 Å². The molecule has 0 radical (unpaired) electrons. The molecule has 1 unspecified atom stereocenters. The number of hydrogen-bond acceptors (Lipinski definition) is 3. The lowest BCUT2D eigenvalue weighted by molar-refractivity contribution is 0.583. The van der Waals surface area contributed by atoms with E-state index < -0.39 is 15.1 Å². The summed E-state index contributed by atoms with van der Waals surface area (Å²) in [6, 6.07) is 3.43. The number of nitrogens with zero attached hydrogens (tertiary/aromatic N) is 1. The van der Waals surface area contributed by atoms with Gasteiger partial charge in [-0.2, -0.15) is 0 Å². The van der Waals surface area contributed by atoms with Crippen LogP contribution in [-0.2, 0) is 9.84 Å². The van der Waals surface area contributed by atoms with Crippen molar-refractivity contribution in [2.24, 2.45) is 0 Å². The van der Waals surface area contributed by atoms with Crippen LogP contribution in [0.1, 0.15) is 12.5 Å². The minimum Gasteiger partial charge on any atom is -0.244 e. The van der Waals surface area contributed by atoms with Gasteiger partial charge in [-0.15, -0.1) is 11.6 Å². The quantitative estimate of drug-likeness (QED) is 0.748. The third kappa shape index (κ3) is 2.07. The molecule has 0 aromatic carbocycles. The number of aromatic nitrogens is 1. The summed E-state index contributed by atoms with van der Waals surface area (Å²) in [7, 11) is -3.36. The van der Waals surface area contributed by atoms with Crippen molar-refractivity contribution in [3.8, 4) is 0 Å². The molecule has 0 aliphatic heterocycles. The highest BCUT2D eigenvalue weighted by molar-refractivity contribution is 7.92. The molecule has 78 valence electrons. The number of alkyl halides is 1. The van der Waals surface area contributed by atoms with Crippen molar-refractivity contribution in [2.45, 2.75) is 24.1 Å². The van der Waals surface area contributed by atoms with Crippen molar-refractivity contribution >= 4 is 21.4 Å². The average molecular weight is 234 g/mol. The zero-order valence-corrected chi connectivity index (χ0v) is 9.64. The zero-order valence-electron chi connectivity index (χ0n) is 8.07. The van der Waals surface area contributed by atoms with E-state index >= 15 is 0 Å². The van der Waals surface area contributed by atoms with E-state index in [4.69, 9.17) is 11.6 Å². The maximum atomic E-state index is 11.8. The average Bonchev–Trinajstić information content (AvgIpc) is 2.17. The lowest BCUT2D eigenvalue weighted by Crippen LogP contribution is -2.21. The Balaban J connectivity index is 3.24. The van der Waals surface area contributed by atoms with Crippen LogP contribution < -0.4 is 0 Å². The third-order valence-corrected chi connectivity index (χ3v) is 4.82. The molecule has 1 aromatic rings. The summed E-state index contributed by atoms with van der Waals surface area (Å²) in [6.45, 7) is 3.30. The van der Waals surface area contributed by atoms with Gasteiger partial charge in [0.2, 0.25) is 0 Å². The molecule has 5 heteroatoms. The summed E-state index contributed by atoms with van der Waals surface area (Å²) in [6.07, 6.45) is 1.47. The van der Waals surface area contributed by atoms with Crippen molar-refractivity contribution < 1.29 is 8.42 Å². The van der Waals surface area contributed by atoms with Crippen molar-refractivity contribution in [3.05, 3.63) is 23.9 Å². The highest BCUT2D eigenvalue weighted by Gasteiger charge is 2.25. The first kappa shape index (κ1) is 11.5. The Labute approximate surface area is 89.0 Å². The van der Waals surface area contributed by atoms with E-state index in [2.05, 4.69) is 4.98 Å². The van der Waals surface area contributed by atoms with Gasteiger partial charge in [0.1, 0.15) is 0 Å². The topological polar surface area (TPSA) is 47.0 Å². The van der Waals surface area contributed by atoms with Gasteiger partial charge in [-0.25, -0.2) is 13.4 Å². The summed E-state index contributed by atoms with van der Waals surface area (Å²) in [4.78, 5) is 3.87. The second-order valence-electron chi connectivity index (χ2n) is 3.14. The van der Waals surface area contributed by atoms with Gasteiger partial charge in [-0.05, 0) is 25.5 Å². The van der Waals surface area contributed by atoms with Crippen LogP contribution >= 0.6 is 11.6 Å². The van der Waals surface area contributed by atoms with Gasteiger partial charge in [0.15, 0.2) is 14.9 Å². The Bertz CT molecular complexity index is 417. The van der Waals surface area contributed by atoms with Gasteiger partial charge >= 0.3 is 0 Å². The number of sulfone groups is 1. The number of halogens is 1. The van der Waals surface area contributed by atoms with E-state index in [1.807, 2.05) is 0 Å². The zero-order chi connectivity index (χ0) is 10.8. The molecule has 14 heavy (non-hydrogen) atoms. The van der Waals surface area contributed by atoms with Gasteiger partial charge in [0.05, 0.1) is 5.25 Å². The van der Waals surface area contributed by atoms with Gasteiger partial charge < -0.3 is 0 Å². The predicted octanol–water partition coefficient (Wildman–Crippen LogP) is 1.79. The Kier molecular flexibility index (Phi) is 3.50. The molecule has 0 saturated carbocycles. The second-order valence-corrected chi connectivity index (χ2v) is 5.73. The normalized spacial score (nSPS) is 13.9. The highest BCUT2D eigenvalue weighted by atomic mass is 35.5. The molecule has 0 saturated heterocycles. The Morgan fingerprint density at radius 3 is 2.71 bits per heavy atom. The van der Waals surface area contributed by atoms with Crippen molar-refractivity contribution in [1.29, 1.82) is 0 Å². The SMILES string of the molecule is Cc1cccnc1S(=O)(=O)C(C)CCl. The maximum absolute atomic E-state index is 11.8. The van der Waals surface area contributed by atoms with E-state index in [1.165, 1.54) is 6.20 Å². The molecule has 0 bridgehead atoms. The maximum Gasteiger partial charge on any atom is 0.199 e. The Morgan fingerprint density at radius 2 is 2.21 bits per heavy atom. The van der Waals surface area contributed by atoms with Crippen LogP contribution in [0.2, 0.25) is 0 Å². The standard InChI is InChI=1S/C9H12ClNO2S/c1-7-4-3-5-11-9(7)14(12,13)8(2)6-10/h3-5,8H,6H2,1-2H3. The van der Waals surface area contributed by atoms with Gasteiger partial charge in [-0.1, -0.05) is 6.07 Å². The van der Waals surface area contributed by atoms with Gasteiger partial charge in [0, 0.05) is 12.1 Å². The first-order valence-electron chi connectivity index (χ1n) is 4.21. The molecule has 0 aliphatic carbocycles. The van der Waals surface area contributed by atoms with Crippen LogP contribution in [0.3, 0.4) is 0 Å². The number of hydrogen-bond donors (Lipinski definition) is 0. The molecule has 0 fully saturated rings. The van der Waals surface area contributed by atoms with E-state index in [-0.39, 0.29) is 10.9 Å². The fraction of sp³-hybridized carbons (Fsp3) is 0.444. The summed E-state index contributed by atoms with van der Waals surface area (Å²) >= 11 is 5.53. The van der Waals surface area contributed by atoms with Crippen LogP contribution in [0, 0.1) is 6.92 Å². The van der Waals surface area contributed by atoms with E-state index in [0.717, 1.165) is 0 Å². The molecule has 1 aromatic heterocycles. The number of pyridine rings is 1. The summed E-state index contributed by atoms with van der Waals surface area (Å²) in [5.74, 6) is 0.0817. The van der Waals surface area contributed by atoms with Crippen LogP contribution in [0.4, 0.5) is 0 Å². The predicted molar refractivity (Wildman–Crippen MR) is 56.3 cm³/mol. The minimum atomic E-state index is -3.36. The molecular weight excluding hydrogens is 222 g/mol. The van der Waals surface area contributed by atoms with E-state index in [0.29, 0.717) is 5.56 Å². The molecule has 1 heterocycles. The largest absolute Gasteiger partial charge is 0.244 e. The van der Waals surface area contributed by atoms with Crippen LogP contribution in [0.5, 0.6) is 0 Å². The molecule has 0 amide bonds. The second kappa shape index (κ2) is 4.28. The molecule has 0 spiro atoms. The third-order valence-electron chi connectivity index (χ3n) is 1.98. The number of aryl methyl sites for hydroxylation is 1.